The first-order valence-electron chi connectivity index (χ1n) is 7.99. The van der Waals surface area contributed by atoms with Gasteiger partial charge in [0.25, 0.3) is 5.78 Å². The third-order valence-electron chi connectivity index (χ3n) is 3.48. The normalized spacial score (nSPS) is 12.5. The number of Topliss-reactive ketones (excluding diaryl/α,β-unsaturated/α-hetero) is 1. The fourth-order valence-electron chi connectivity index (χ4n) is 2.16. The van der Waals surface area contributed by atoms with Crippen molar-refractivity contribution in [2.75, 3.05) is 11.5 Å². The summed E-state index contributed by atoms with van der Waals surface area (Å²) in [6.45, 7) is 2.16. The highest BCUT2D eigenvalue weighted by molar-refractivity contribution is 7.92. The van der Waals surface area contributed by atoms with Gasteiger partial charge in [-0.1, -0.05) is 64.7 Å². The Balaban J connectivity index is 3.64. The minimum atomic E-state index is -5.06. The lowest BCUT2D eigenvalue weighted by Gasteiger charge is -2.06. The molecule has 0 aromatic rings. The molecule has 0 fully saturated rings. The number of carbonyl (C=O) groups excluding carboxylic acids is 1. The zero-order chi connectivity index (χ0) is 17.1. The molecule has 0 aliphatic rings. The van der Waals surface area contributed by atoms with Crippen LogP contribution >= 0.6 is 0 Å². The van der Waals surface area contributed by atoms with Gasteiger partial charge in [-0.2, -0.15) is 13.2 Å². The first-order valence-corrected chi connectivity index (χ1v) is 9.81. The van der Waals surface area contributed by atoms with Crippen molar-refractivity contribution < 1.29 is 26.4 Å². The van der Waals surface area contributed by atoms with E-state index in [0.29, 0.717) is 12.8 Å². The third-order valence-corrected chi connectivity index (χ3v) is 5.09. The highest BCUT2D eigenvalue weighted by Crippen LogP contribution is 2.17. The molecule has 0 bridgehead atoms. The number of unbranched alkanes of at least 4 members (excludes halogenated alkanes) is 9. The van der Waals surface area contributed by atoms with E-state index in [2.05, 4.69) is 6.92 Å². The number of halogens is 3. The van der Waals surface area contributed by atoms with Crippen LogP contribution in [0.25, 0.3) is 0 Å². The maximum Gasteiger partial charge on any atom is 0.451 e. The third kappa shape index (κ3) is 12.0. The fraction of sp³-hybridized carbons (Fsp3) is 0.933. The van der Waals surface area contributed by atoms with Crippen molar-refractivity contribution in [3.05, 3.63) is 0 Å². The Labute approximate surface area is 131 Å². The van der Waals surface area contributed by atoms with Crippen molar-refractivity contribution in [2.45, 2.75) is 77.3 Å². The van der Waals surface area contributed by atoms with Crippen molar-refractivity contribution in [1.82, 2.24) is 0 Å². The van der Waals surface area contributed by atoms with Crippen LogP contribution in [-0.2, 0) is 14.6 Å². The molecule has 0 rings (SSSR count). The van der Waals surface area contributed by atoms with E-state index < -0.39 is 27.5 Å². The lowest BCUT2D eigenvalue weighted by molar-refractivity contribution is -0.168. The Morgan fingerprint density at radius 2 is 1.23 bits per heavy atom. The van der Waals surface area contributed by atoms with Gasteiger partial charge in [0.2, 0.25) is 0 Å². The predicted molar refractivity (Wildman–Crippen MR) is 81.6 cm³/mol. The van der Waals surface area contributed by atoms with Gasteiger partial charge < -0.3 is 0 Å². The van der Waals surface area contributed by atoms with Crippen LogP contribution in [0, 0.1) is 0 Å². The van der Waals surface area contributed by atoms with Crippen LogP contribution in [-0.4, -0.2) is 31.9 Å². The van der Waals surface area contributed by atoms with Gasteiger partial charge >= 0.3 is 6.18 Å². The molecule has 0 radical (unpaired) electrons. The summed E-state index contributed by atoms with van der Waals surface area (Å²) in [6, 6.07) is 0. The van der Waals surface area contributed by atoms with Crippen molar-refractivity contribution in [3.8, 4) is 0 Å². The van der Waals surface area contributed by atoms with Gasteiger partial charge in [-0.15, -0.1) is 0 Å². The van der Waals surface area contributed by atoms with Crippen molar-refractivity contribution in [3.63, 3.8) is 0 Å². The molecule has 132 valence electrons. The molecular weight excluding hydrogens is 317 g/mol. The zero-order valence-electron chi connectivity index (χ0n) is 13.3. The average molecular weight is 344 g/mol. The molecular formula is C15H27F3O3S. The minimum absolute atomic E-state index is 0.323. The second kappa shape index (κ2) is 11.0. The number of sulfone groups is 1. The molecule has 0 heterocycles. The number of hydrogen-bond donors (Lipinski definition) is 0. The Morgan fingerprint density at radius 3 is 1.64 bits per heavy atom. The van der Waals surface area contributed by atoms with Gasteiger partial charge in [-0.3, -0.25) is 4.79 Å². The molecule has 0 aromatic heterocycles. The Kier molecular flexibility index (Phi) is 10.7. The van der Waals surface area contributed by atoms with Gasteiger partial charge in [0, 0.05) is 0 Å². The van der Waals surface area contributed by atoms with E-state index in [1.165, 1.54) is 32.1 Å². The number of carbonyl (C=O) groups is 1. The summed E-state index contributed by atoms with van der Waals surface area (Å²) >= 11 is 0. The molecule has 0 N–H and O–H groups in total. The standard InChI is InChI=1S/C15H27F3O3S/c1-2-3-4-5-6-7-8-9-10-11-12-22(20,21)13-14(19)15(16,17)18/h2-13H2,1H3. The number of hydrogen-bond acceptors (Lipinski definition) is 3. The molecule has 22 heavy (non-hydrogen) atoms. The lowest BCUT2D eigenvalue weighted by atomic mass is 10.1. The van der Waals surface area contributed by atoms with E-state index in [4.69, 9.17) is 0 Å². The van der Waals surface area contributed by atoms with E-state index >= 15 is 0 Å². The summed E-state index contributed by atoms with van der Waals surface area (Å²) in [5, 5.41) is 0. The van der Waals surface area contributed by atoms with Gasteiger partial charge in [-0.05, 0) is 6.42 Å². The molecule has 0 aliphatic heterocycles. The van der Waals surface area contributed by atoms with Crippen molar-refractivity contribution >= 4 is 15.6 Å². The molecule has 7 heteroatoms. The van der Waals surface area contributed by atoms with Gasteiger partial charge in [0.05, 0.1) is 5.75 Å². The van der Waals surface area contributed by atoms with Crippen LogP contribution in [0.4, 0.5) is 13.2 Å². The summed E-state index contributed by atoms with van der Waals surface area (Å²) in [7, 11) is -3.94. The first-order chi connectivity index (χ1) is 10.2. The van der Waals surface area contributed by atoms with Gasteiger partial charge in [-0.25, -0.2) is 8.42 Å². The van der Waals surface area contributed by atoms with E-state index in [-0.39, 0.29) is 5.75 Å². The molecule has 3 nitrogen and oxygen atoms in total. The van der Waals surface area contributed by atoms with Crippen LogP contribution in [0.5, 0.6) is 0 Å². The SMILES string of the molecule is CCCCCCCCCCCCS(=O)(=O)CC(=O)C(F)(F)F. The van der Waals surface area contributed by atoms with E-state index in [1.54, 1.807) is 0 Å². The monoisotopic (exact) mass is 344 g/mol. The summed E-state index contributed by atoms with van der Waals surface area (Å²) < 4.78 is 58.8. The molecule has 0 aliphatic carbocycles. The maximum absolute atomic E-state index is 12.0. The zero-order valence-corrected chi connectivity index (χ0v) is 14.1. The van der Waals surface area contributed by atoms with Crippen LogP contribution in [0.2, 0.25) is 0 Å². The second-order valence-electron chi connectivity index (χ2n) is 5.69. The Hall–Kier alpha value is -0.590. The van der Waals surface area contributed by atoms with E-state index in [9.17, 15) is 26.4 Å². The van der Waals surface area contributed by atoms with Crippen LogP contribution < -0.4 is 0 Å². The van der Waals surface area contributed by atoms with Gasteiger partial charge in [0.15, 0.2) is 9.84 Å². The topological polar surface area (TPSA) is 51.2 Å². The highest BCUT2D eigenvalue weighted by Gasteiger charge is 2.40. The van der Waals surface area contributed by atoms with Crippen molar-refractivity contribution in [1.29, 1.82) is 0 Å². The highest BCUT2D eigenvalue weighted by atomic mass is 32.2. The number of ketones is 1. The Morgan fingerprint density at radius 1 is 0.818 bits per heavy atom. The molecule has 0 saturated heterocycles. The van der Waals surface area contributed by atoms with E-state index in [0.717, 1.165) is 19.3 Å². The maximum atomic E-state index is 12.0. The first kappa shape index (κ1) is 21.4. The number of alkyl halides is 3. The molecule has 0 aromatic carbocycles. The summed E-state index contributed by atoms with van der Waals surface area (Å²) in [5.74, 6) is -3.95. The van der Waals surface area contributed by atoms with Crippen LogP contribution in [0.15, 0.2) is 0 Å². The van der Waals surface area contributed by atoms with E-state index in [1.807, 2.05) is 0 Å². The lowest BCUT2D eigenvalue weighted by Crippen LogP contribution is -2.31. The Bertz CT molecular complexity index is 403. The smallest absolute Gasteiger partial charge is 0.288 e. The quantitative estimate of drug-likeness (QED) is 0.464. The van der Waals surface area contributed by atoms with Crippen molar-refractivity contribution in [2.24, 2.45) is 0 Å². The predicted octanol–water partition coefficient (Wildman–Crippen LogP) is 4.45. The molecule has 0 amide bonds. The minimum Gasteiger partial charge on any atom is -0.288 e. The largest absolute Gasteiger partial charge is 0.451 e. The molecule has 0 saturated carbocycles. The summed E-state index contributed by atoms with van der Waals surface area (Å²) in [6.07, 6.45) is 5.08. The number of rotatable bonds is 13. The average Bonchev–Trinajstić information content (AvgIpc) is 2.39. The molecule has 0 unspecified atom stereocenters. The summed E-state index contributed by atoms with van der Waals surface area (Å²) in [5.41, 5.74) is 0. The summed E-state index contributed by atoms with van der Waals surface area (Å²) in [4.78, 5) is 10.7. The van der Waals surface area contributed by atoms with Gasteiger partial charge in [0.1, 0.15) is 5.75 Å². The van der Waals surface area contributed by atoms with Crippen LogP contribution in [0.1, 0.15) is 71.1 Å². The molecule has 0 spiro atoms. The second-order valence-corrected chi connectivity index (χ2v) is 7.88. The molecule has 0 atom stereocenters. The van der Waals surface area contributed by atoms with Crippen LogP contribution in [0.3, 0.4) is 0 Å². The fourth-order valence-corrected chi connectivity index (χ4v) is 3.51.